The van der Waals surface area contributed by atoms with E-state index >= 15 is 0 Å². The van der Waals surface area contributed by atoms with Gasteiger partial charge in [-0.2, -0.15) is 0 Å². The van der Waals surface area contributed by atoms with Gasteiger partial charge in [0.05, 0.1) is 11.2 Å². The minimum Gasteiger partial charge on any atom is -0.490 e. The summed E-state index contributed by atoms with van der Waals surface area (Å²) in [6.45, 7) is 4.67. The number of hydrogen-bond acceptors (Lipinski definition) is 5. The zero-order chi connectivity index (χ0) is 14.7. The second kappa shape index (κ2) is 6.13. The van der Waals surface area contributed by atoms with Crippen LogP contribution in [0.2, 0.25) is 0 Å². The van der Waals surface area contributed by atoms with Crippen LogP contribution in [0.3, 0.4) is 0 Å². The van der Waals surface area contributed by atoms with E-state index in [1.165, 1.54) is 0 Å². The lowest BCUT2D eigenvalue weighted by Crippen LogP contribution is -2.39. The van der Waals surface area contributed by atoms with Gasteiger partial charge in [-0.15, -0.1) is 11.3 Å². The van der Waals surface area contributed by atoms with Crippen molar-refractivity contribution in [3.8, 4) is 5.75 Å². The third-order valence-electron chi connectivity index (χ3n) is 3.87. The number of β-amino-alcohol motifs (C(OH)–C–C–N with tert-alkyl or cyclic N) is 1. The lowest BCUT2D eigenvalue weighted by atomic mass is 10.1. The maximum atomic E-state index is 10.7. The Hall–Kier alpha value is -1.43. The zero-order valence-electron chi connectivity index (χ0n) is 12.2. The second-order valence-electron chi connectivity index (χ2n) is 5.72. The summed E-state index contributed by atoms with van der Waals surface area (Å²) in [6, 6.07) is 7.90. The maximum Gasteiger partial charge on any atom is 0.122 e. The van der Waals surface area contributed by atoms with E-state index in [1.54, 1.807) is 11.3 Å². The van der Waals surface area contributed by atoms with Crippen molar-refractivity contribution < 1.29 is 9.84 Å². The minimum absolute atomic E-state index is 0.339. The maximum absolute atomic E-state index is 10.7. The topological polar surface area (TPSA) is 45.6 Å². The van der Waals surface area contributed by atoms with Gasteiger partial charge >= 0.3 is 0 Å². The monoisotopic (exact) mass is 304 g/mol. The Morgan fingerprint density at radius 3 is 3.05 bits per heavy atom. The van der Waals surface area contributed by atoms with Crippen LogP contribution in [0.15, 0.2) is 35.2 Å². The number of ether oxygens (including phenoxy) is 1. The lowest BCUT2D eigenvalue weighted by Gasteiger charge is -2.24. The molecule has 112 valence electrons. The van der Waals surface area contributed by atoms with Crippen molar-refractivity contribution in [2.75, 3.05) is 19.7 Å². The van der Waals surface area contributed by atoms with Gasteiger partial charge in [-0.3, -0.25) is 4.90 Å². The molecule has 1 atom stereocenters. The molecule has 4 nitrogen and oxygen atoms in total. The van der Waals surface area contributed by atoms with E-state index in [4.69, 9.17) is 4.74 Å². The number of aliphatic hydroxyl groups is 1. The van der Waals surface area contributed by atoms with Crippen molar-refractivity contribution in [1.82, 2.24) is 9.88 Å². The van der Waals surface area contributed by atoms with Gasteiger partial charge in [0.15, 0.2) is 0 Å². The Morgan fingerprint density at radius 1 is 1.43 bits per heavy atom. The Kier molecular flexibility index (Phi) is 4.24. The number of aromatic nitrogens is 1. The zero-order valence-corrected chi connectivity index (χ0v) is 13.0. The number of hydrogen-bond donors (Lipinski definition) is 1. The number of para-hydroxylation sites is 1. The first-order valence-corrected chi connectivity index (χ1v) is 8.09. The van der Waals surface area contributed by atoms with Crippen molar-refractivity contribution >= 4 is 11.3 Å². The molecule has 1 aliphatic heterocycles. The number of thiazole rings is 1. The molecule has 0 radical (unpaired) electrons. The van der Waals surface area contributed by atoms with E-state index in [0.29, 0.717) is 13.2 Å². The molecule has 1 saturated heterocycles. The normalized spacial score (nSPS) is 22.6. The summed E-state index contributed by atoms with van der Waals surface area (Å²) in [5.41, 5.74) is 3.25. The molecule has 2 aromatic rings. The van der Waals surface area contributed by atoms with Crippen LogP contribution < -0.4 is 4.74 Å². The van der Waals surface area contributed by atoms with Gasteiger partial charge in [0.2, 0.25) is 0 Å². The first-order chi connectivity index (χ1) is 10.1. The summed E-state index contributed by atoms with van der Waals surface area (Å²) in [4.78, 5) is 6.53. The standard InChI is InChI=1S/C16H20N2O2S/c1-13-4-2-3-5-15(13)20-11-16(19)6-7-18(10-16)8-14-9-21-12-17-14/h2-5,9,12,19H,6-8,10-11H2,1H3. The van der Waals surface area contributed by atoms with Crippen molar-refractivity contribution in [2.45, 2.75) is 25.5 Å². The Morgan fingerprint density at radius 2 is 2.29 bits per heavy atom. The Balaban J connectivity index is 1.55. The van der Waals surface area contributed by atoms with Crippen molar-refractivity contribution in [2.24, 2.45) is 0 Å². The van der Waals surface area contributed by atoms with Gasteiger partial charge in [0, 0.05) is 25.0 Å². The molecule has 0 saturated carbocycles. The van der Waals surface area contributed by atoms with Crippen molar-refractivity contribution in [1.29, 1.82) is 0 Å². The van der Waals surface area contributed by atoms with Gasteiger partial charge in [-0.25, -0.2) is 4.98 Å². The number of nitrogens with zero attached hydrogens (tertiary/aromatic N) is 2. The molecule has 1 aliphatic rings. The molecule has 3 rings (SSSR count). The number of benzene rings is 1. The summed E-state index contributed by atoms with van der Waals surface area (Å²) >= 11 is 1.61. The number of likely N-dealkylation sites (tertiary alicyclic amines) is 1. The van der Waals surface area contributed by atoms with Crippen LogP contribution >= 0.6 is 11.3 Å². The molecule has 0 amide bonds. The molecule has 1 aromatic heterocycles. The first-order valence-electron chi connectivity index (χ1n) is 7.15. The van der Waals surface area contributed by atoms with Crippen molar-refractivity contribution in [3.05, 3.63) is 46.4 Å². The van der Waals surface area contributed by atoms with Gasteiger partial charge < -0.3 is 9.84 Å². The van der Waals surface area contributed by atoms with E-state index in [1.807, 2.05) is 36.7 Å². The van der Waals surface area contributed by atoms with Gasteiger partial charge in [0.1, 0.15) is 18.0 Å². The SMILES string of the molecule is Cc1ccccc1OCC1(O)CCN(Cc2cscn2)C1. The number of rotatable bonds is 5. The Bertz CT molecular complexity index is 588. The summed E-state index contributed by atoms with van der Waals surface area (Å²) in [7, 11) is 0. The molecule has 2 heterocycles. The molecule has 1 unspecified atom stereocenters. The van der Waals surface area contributed by atoms with Gasteiger partial charge in [-0.05, 0) is 25.0 Å². The summed E-state index contributed by atoms with van der Waals surface area (Å²) < 4.78 is 5.82. The summed E-state index contributed by atoms with van der Waals surface area (Å²) in [6.07, 6.45) is 0.739. The third-order valence-corrected chi connectivity index (χ3v) is 4.51. The van der Waals surface area contributed by atoms with Crippen LogP contribution in [-0.4, -0.2) is 40.3 Å². The molecule has 0 bridgehead atoms. The first kappa shape index (κ1) is 14.5. The van der Waals surface area contributed by atoms with Crippen LogP contribution in [0.25, 0.3) is 0 Å². The predicted octanol–water partition coefficient (Wildman–Crippen LogP) is 2.47. The average molecular weight is 304 g/mol. The smallest absolute Gasteiger partial charge is 0.122 e. The predicted molar refractivity (Wildman–Crippen MR) is 83.6 cm³/mol. The lowest BCUT2D eigenvalue weighted by molar-refractivity contribution is 0.00313. The van der Waals surface area contributed by atoms with Gasteiger partial charge in [-0.1, -0.05) is 18.2 Å². The van der Waals surface area contributed by atoms with E-state index in [2.05, 4.69) is 15.3 Å². The molecule has 1 N–H and O–H groups in total. The molecule has 1 aromatic carbocycles. The van der Waals surface area contributed by atoms with Crippen LogP contribution in [0, 0.1) is 6.92 Å². The van der Waals surface area contributed by atoms with E-state index in [9.17, 15) is 5.11 Å². The molecule has 0 spiro atoms. The van der Waals surface area contributed by atoms with E-state index in [0.717, 1.165) is 36.5 Å². The highest BCUT2D eigenvalue weighted by Gasteiger charge is 2.37. The second-order valence-corrected chi connectivity index (χ2v) is 6.44. The Labute approximate surface area is 129 Å². The van der Waals surface area contributed by atoms with E-state index in [-0.39, 0.29) is 0 Å². The van der Waals surface area contributed by atoms with Crippen LogP contribution in [0.4, 0.5) is 0 Å². The van der Waals surface area contributed by atoms with Gasteiger partial charge in [0.25, 0.3) is 0 Å². The molecule has 21 heavy (non-hydrogen) atoms. The minimum atomic E-state index is -0.766. The fourth-order valence-corrected chi connectivity index (χ4v) is 3.22. The fraction of sp³-hybridized carbons (Fsp3) is 0.438. The highest BCUT2D eigenvalue weighted by molar-refractivity contribution is 7.07. The quantitative estimate of drug-likeness (QED) is 0.922. The van der Waals surface area contributed by atoms with Crippen LogP contribution in [-0.2, 0) is 6.54 Å². The molecular formula is C16H20N2O2S. The summed E-state index contributed by atoms with van der Waals surface area (Å²) in [5.74, 6) is 0.851. The van der Waals surface area contributed by atoms with Crippen molar-refractivity contribution in [3.63, 3.8) is 0 Å². The van der Waals surface area contributed by atoms with E-state index < -0.39 is 5.60 Å². The molecule has 0 aliphatic carbocycles. The molecule has 1 fully saturated rings. The third kappa shape index (κ3) is 3.61. The average Bonchev–Trinajstić information content (AvgIpc) is 3.09. The van der Waals surface area contributed by atoms with Crippen LogP contribution in [0.5, 0.6) is 5.75 Å². The molecular weight excluding hydrogens is 284 g/mol. The number of aryl methyl sites for hydroxylation is 1. The highest BCUT2D eigenvalue weighted by atomic mass is 32.1. The highest BCUT2D eigenvalue weighted by Crippen LogP contribution is 2.25. The largest absolute Gasteiger partial charge is 0.490 e. The summed E-state index contributed by atoms with van der Waals surface area (Å²) in [5, 5.41) is 12.7. The molecule has 5 heteroatoms. The fourth-order valence-electron chi connectivity index (χ4n) is 2.67. The van der Waals surface area contributed by atoms with Crippen LogP contribution in [0.1, 0.15) is 17.7 Å².